The molecule has 15 heavy (non-hydrogen) atoms. The van der Waals surface area contributed by atoms with Gasteiger partial charge < -0.3 is 0 Å². The minimum absolute atomic E-state index is 0.624. The van der Waals surface area contributed by atoms with Crippen LogP contribution in [0.15, 0.2) is 36.5 Å². The molecular weight excluding hydrogens is 344 g/mol. The van der Waals surface area contributed by atoms with E-state index in [1.54, 1.807) is 12.3 Å². The predicted molar refractivity (Wildman–Crippen MR) is 72.4 cm³/mol. The summed E-state index contributed by atoms with van der Waals surface area (Å²) < 4.78 is 1.07. The Bertz CT molecular complexity index is 500. The second-order valence-electron chi connectivity index (χ2n) is 2.96. The number of benzene rings is 1. The first-order chi connectivity index (χ1) is 7.18. The van der Waals surface area contributed by atoms with Gasteiger partial charge in [0.25, 0.3) is 0 Å². The summed E-state index contributed by atoms with van der Waals surface area (Å²) in [5.74, 6) is 0. The van der Waals surface area contributed by atoms with E-state index in [1.807, 2.05) is 24.3 Å². The Labute approximate surface area is 112 Å². The summed E-state index contributed by atoms with van der Waals surface area (Å²) in [6, 6.07) is 9.31. The van der Waals surface area contributed by atoms with Gasteiger partial charge >= 0.3 is 0 Å². The zero-order chi connectivity index (χ0) is 10.8. The quantitative estimate of drug-likeness (QED) is 0.682. The summed E-state index contributed by atoms with van der Waals surface area (Å²) in [6.07, 6.45) is 1.75. The van der Waals surface area contributed by atoms with Crippen molar-refractivity contribution in [1.82, 2.24) is 4.98 Å². The highest BCUT2D eigenvalue weighted by atomic mass is 127. The Morgan fingerprint density at radius 3 is 2.60 bits per heavy atom. The molecule has 76 valence electrons. The van der Waals surface area contributed by atoms with Gasteiger partial charge in [0.2, 0.25) is 0 Å². The molecule has 0 spiro atoms. The molecule has 1 heterocycles. The Morgan fingerprint density at radius 2 is 1.93 bits per heavy atom. The predicted octanol–water partition coefficient (Wildman–Crippen LogP) is 4.66. The summed E-state index contributed by atoms with van der Waals surface area (Å²) in [6.45, 7) is 0. The molecule has 4 heteroatoms. The van der Waals surface area contributed by atoms with Crippen LogP contribution in [0.3, 0.4) is 0 Å². The number of nitrogens with zero attached hydrogens (tertiary/aromatic N) is 1. The fourth-order valence-electron chi connectivity index (χ4n) is 1.27. The van der Waals surface area contributed by atoms with Crippen LogP contribution in [0, 0.1) is 3.57 Å². The van der Waals surface area contributed by atoms with Crippen molar-refractivity contribution in [1.29, 1.82) is 0 Å². The standard InChI is InChI=1S/C11H6Cl2IN/c12-7-3-4-8(9(13)6-7)11-10(14)2-1-5-15-11/h1-6H. The molecule has 0 aliphatic heterocycles. The molecule has 1 aromatic heterocycles. The van der Waals surface area contributed by atoms with Gasteiger partial charge in [0.05, 0.1) is 10.7 Å². The number of aromatic nitrogens is 1. The van der Waals surface area contributed by atoms with Crippen LogP contribution < -0.4 is 0 Å². The van der Waals surface area contributed by atoms with Crippen LogP contribution in [-0.4, -0.2) is 4.98 Å². The summed E-state index contributed by atoms with van der Waals surface area (Å²) >= 11 is 14.2. The molecule has 0 aliphatic carbocycles. The van der Waals surface area contributed by atoms with E-state index in [9.17, 15) is 0 Å². The molecule has 0 amide bonds. The normalized spacial score (nSPS) is 10.3. The molecule has 1 aromatic carbocycles. The molecule has 1 nitrogen and oxygen atoms in total. The molecule has 0 atom stereocenters. The number of hydrogen-bond acceptors (Lipinski definition) is 1. The van der Waals surface area contributed by atoms with Gasteiger partial charge in [0.1, 0.15) is 0 Å². The van der Waals surface area contributed by atoms with E-state index in [-0.39, 0.29) is 0 Å². The van der Waals surface area contributed by atoms with Gasteiger partial charge in [-0.05, 0) is 52.9 Å². The zero-order valence-electron chi connectivity index (χ0n) is 7.55. The van der Waals surface area contributed by atoms with Crippen molar-refractivity contribution in [2.75, 3.05) is 0 Å². The van der Waals surface area contributed by atoms with Gasteiger partial charge in [-0.1, -0.05) is 23.2 Å². The van der Waals surface area contributed by atoms with E-state index in [2.05, 4.69) is 27.6 Å². The highest BCUT2D eigenvalue weighted by Gasteiger charge is 2.08. The third-order valence-electron chi connectivity index (χ3n) is 1.94. The summed E-state index contributed by atoms with van der Waals surface area (Å²) in [5.41, 5.74) is 1.80. The second-order valence-corrected chi connectivity index (χ2v) is 4.96. The highest BCUT2D eigenvalue weighted by molar-refractivity contribution is 14.1. The largest absolute Gasteiger partial charge is 0.255 e. The SMILES string of the molecule is Clc1ccc(-c2ncccc2I)c(Cl)c1. The van der Waals surface area contributed by atoms with Crippen LogP contribution in [0.25, 0.3) is 11.3 Å². The number of rotatable bonds is 1. The van der Waals surface area contributed by atoms with Crippen molar-refractivity contribution >= 4 is 45.8 Å². The van der Waals surface area contributed by atoms with E-state index in [0.29, 0.717) is 10.0 Å². The van der Waals surface area contributed by atoms with Crippen LogP contribution in [0.4, 0.5) is 0 Å². The lowest BCUT2D eigenvalue weighted by atomic mass is 10.1. The van der Waals surface area contributed by atoms with Gasteiger partial charge in [-0.3, -0.25) is 4.98 Å². The van der Waals surface area contributed by atoms with Crippen molar-refractivity contribution in [2.45, 2.75) is 0 Å². The molecule has 0 saturated carbocycles. The lowest BCUT2D eigenvalue weighted by molar-refractivity contribution is 1.31. The third kappa shape index (κ3) is 2.44. The first-order valence-electron chi connectivity index (χ1n) is 4.24. The molecular formula is C11H6Cl2IN. The Balaban J connectivity index is 2.60. The molecule has 0 saturated heterocycles. The number of hydrogen-bond donors (Lipinski definition) is 0. The van der Waals surface area contributed by atoms with Crippen molar-refractivity contribution < 1.29 is 0 Å². The van der Waals surface area contributed by atoms with Crippen LogP contribution in [0.5, 0.6) is 0 Å². The maximum atomic E-state index is 6.11. The van der Waals surface area contributed by atoms with Crippen molar-refractivity contribution in [3.63, 3.8) is 0 Å². The third-order valence-corrected chi connectivity index (χ3v) is 3.36. The van der Waals surface area contributed by atoms with Gasteiger partial charge in [0.15, 0.2) is 0 Å². The molecule has 0 bridgehead atoms. The van der Waals surface area contributed by atoms with Crippen LogP contribution in [0.2, 0.25) is 10.0 Å². The first-order valence-corrected chi connectivity index (χ1v) is 6.08. The topological polar surface area (TPSA) is 12.9 Å². The van der Waals surface area contributed by atoms with Crippen LogP contribution in [0.1, 0.15) is 0 Å². The molecule has 0 unspecified atom stereocenters. The van der Waals surface area contributed by atoms with E-state index in [0.717, 1.165) is 14.8 Å². The van der Waals surface area contributed by atoms with Gasteiger partial charge in [-0.15, -0.1) is 0 Å². The second kappa shape index (κ2) is 4.68. The average Bonchev–Trinajstić information content (AvgIpc) is 2.20. The van der Waals surface area contributed by atoms with Gasteiger partial charge in [-0.2, -0.15) is 0 Å². The smallest absolute Gasteiger partial charge is 0.0850 e. The van der Waals surface area contributed by atoms with Crippen molar-refractivity contribution in [2.24, 2.45) is 0 Å². The van der Waals surface area contributed by atoms with Crippen LogP contribution in [-0.2, 0) is 0 Å². The summed E-state index contributed by atoms with van der Waals surface area (Å²) in [7, 11) is 0. The molecule has 2 rings (SSSR count). The maximum absolute atomic E-state index is 6.11. The molecule has 0 radical (unpaired) electrons. The fourth-order valence-corrected chi connectivity index (χ4v) is 2.40. The van der Waals surface area contributed by atoms with Gasteiger partial charge in [0, 0.05) is 20.4 Å². The lowest BCUT2D eigenvalue weighted by Crippen LogP contribution is -1.87. The summed E-state index contributed by atoms with van der Waals surface area (Å²) in [5, 5.41) is 1.26. The Kier molecular flexibility index (Phi) is 3.49. The first kappa shape index (κ1) is 11.2. The molecule has 0 aliphatic rings. The van der Waals surface area contributed by atoms with E-state index in [1.165, 1.54) is 0 Å². The minimum Gasteiger partial charge on any atom is -0.255 e. The highest BCUT2D eigenvalue weighted by Crippen LogP contribution is 2.31. The molecule has 0 N–H and O–H groups in total. The van der Waals surface area contributed by atoms with Crippen molar-refractivity contribution in [3.05, 3.63) is 50.1 Å². The maximum Gasteiger partial charge on any atom is 0.0850 e. The Hall–Kier alpha value is -0.320. The van der Waals surface area contributed by atoms with Crippen molar-refractivity contribution in [3.8, 4) is 11.3 Å². The average molecular weight is 350 g/mol. The number of halogens is 3. The Morgan fingerprint density at radius 1 is 1.13 bits per heavy atom. The van der Waals surface area contributed by atoms with Gasteiger partial charge in [-0.25, -0.2) is 0 Å². The fraction of sp³-hybridized carbons (Fsp3) is 0. The monoisotopic (exact) mass is 349 g/mol. The minimum atomic E-state index is 0.624. The molecule has 0 fully saturated rings. The zero-order valence-corrected chi connectivity index (χ0v) is 11.2. The van der Waals surface area contributed by atoms with E-state index < -0.39 is 0 Å². The van der Waals surface area contributed by atoms with Crippen LogP contribution >= 0.6 is 45.8 Å². The van der Waals surface area contributed by atoms with E-state index in [4.69, 9.17) is 23.2 Å². The molecule has 2 aromatic rings. The number of pyridine rings is 1. The van der Waals surface area contributed by atoms with E-state index >= 15 is 0 Å². The summed E-state index contributed by atoms with van der Waals surface area (Å²) in [4.78, 5) is 4.30. The lowest BCUT2D eigenvalue weighted by Gasteiger charge is -2.05.